The van der Waals surface area contributed by atoms with Gasteiger partial charge in [-0.25, -0.2) is 9.78 Å². The van der Waals surface area contributed by atoms with Gasteiger partial charge in [-0.2, -0.15) is 0 Å². The van der Waals surface area contributed by atoms with Crippen molar-refractivity contribution in [1.82, 2.24) is 10.3 Å². The van der Waals surface area contributed by atoms with Gasteiger partial charge in [0.2, 0.25) is 0 Å². The fourth-order valence-electron chi connectivity index (χ4n) is 2.78. The van der Waals surface area contributed by atoms with Gasteiger partial charge < -0.3 is 19.9 Å². The molecule has 1 aliphatic rings. The Morgan fingerprint density at radius 2 is 1.77 bits per heavy atom. The van der Waals surface area contributed by atoms with Gasteiger partial charge in [-0.05, 0) is 35.7 Å². The molecule has 3 rings (SSSR count). The predicted octanol–water partition coefficient (Wildman–Crippen LogP) is 2.68. The van der Waals surface area contributed by atoms with Crippen LogP contribution in [0.1, 0.15) is 46.4 Å². The Morgan fingerprint density at radius 3 is 2.46 bits per heavy atom. The summed E-state index contributed by atoms with van der Waals surface area (Å²) in [5.41, 5.74) is 0.776. The fraction of sp³-hybridized carbons (Fsp3) is 0.316. The Hall–Kier alpha value is -3.09. The lowest BCUT2D eigenvalue weighted by Crippen LogP contribution is -2.32. The van der Waals surface area contributed by atoms with E-state index < -0.39 is 11.9 Å². The third kappa shape index (κ3) is 3.77. The third-order valence-electron chi connectivity index (χ3n) is 4.08. The number of hydrogen-bond acceptors (Lipinski definition) is 5. The maximum atomic E-state index is 12.6. The molecule has 26 heavy (non-hydrogen) atoms. The lowest BCUT2D eigenvalue weighted by Gasteiger charge is -2.25. The van der Waals surface area contributed by atoms with E-state index >= 15 is 0 Å². The van der Waals surface area contributed by atoms with Crippen molar-refractivity contribution in [3.05, 3.63) is 53.3 Å². The molecule has 2 heterocycles. The van der Waals surface area contributed by atoms with Gasteiger partial charge >= 0.3 is 5.97 Å². The summed E-state index contributed by atoms with van der Waals surface area (Å²) in [4.78, 5) is 27.5. The topological polar surface area (TPSA) is 97.8 Å². The van der Waals surface area contributed by atoms with E-state index in [-0.39, 0.29) is 23.3 Å². The van der Waals surface area contributed by atoms with Crippen LogP contribution in [0, 0.1) is 5.92 Å². The van der Waals surface area contributed by atoms with Crippen molar-refractivity contribution < 1.29 is 24.2 Å². The third-order valence-corrected chi connectivity index (χ3v) is 4.08. The molecule has 1 aromatic carbocycles. The Balaban J connectivity index is 1.84. The van der Waals surface area contributed by atoms with Crippen molar-refractivity contribution in [3.8, 4) is 11.5 Å². The number of carboxylic acid groups (broad SMARTS) is 1. The lowest BCUT2D eigenvalue weighted by atomic mass is 9.95. The molecular weight excluding hydrogens is 336 g/mol. The zero-order valence-electron chi connectivity index (χ0n) is 14.6. The molecule has 0 saturated heterocycles. The first-order valence-electron chi connectivity index (χ1n) is 8.36. The van der Waals surface area contributed by atoms with Crippen molar-refractivity contribution in [1.29, 1.82) is 0 Å². The van der Waals surface area contributed by atoms with Gasteiger partial charge in [0.25, 0.3) is 5.91 Å². The van der Waals surface area contributed by atoms with Gasteiger partial charge in [-0.3, -0.25) is 4.79 Å². The number of benzene rings is 1. The fourth-order valence-corrected chi connectivity index (χ4v) is 2.78. The molecule has 1 amide bonds. The van der Waals surface area contributed by atoms with Crippen molar-refractivity contribution in [3.63, 3.8) is 0 Å². The zero-order chi connectivity index (χ0) is 18.7. The predicted molar refractivity (Wildman–Crippen MR) is 93.7 cm³/mol. The van der Waals surface area contributed by atoms with Crippen LogP contribution in [-0.4, -0.2) is 35.2 Å². The van der Waals surface area contributed by atoms with Crippen LogP contribution < -0.4 is 14.8 Å². The number of hydrogen-bond donors (Lipinski definition) is 2. The largest absolute Gasteiger partial charge is 0.486 e. The summed E-state index contributed by atoms with van der Waals surface area (Å²) in [5, 5.41) is 12.0. The number of carbonyl (C=O) groups excluding carboxylic acids is 1. The van der Waals surface area contributed by atoms with E-state index in [1.165, 1.54) is 18.2 Å². The van der Waals surface area contributed by atoms with Crippen molar-refractivity contribution in [2.24, 2.45) is 5.92 Å². The minimum Gasteiger partial charge on any atom is -0.486 e. The SMILES string of the molecule is CC(C)C(NC(=O)c1cccc(C(=O)O)n1)c1ccc2c(c1)OCCO2. The molecule has 7 nitrogen and oxygen atoms in total. The van der Waals surface area contributed by atoms with E-state index in [2.05, 4.69) is 10.3 Å². The van der Waals surface area contributed by atoms with E-state index in [0.717, 1.165) is 5.56 Å². The van der Waals surface area contributed by atoms with Gasteiger partial charge in [0.1, 0.15) is 24.6 Å². The minimum absolute atomic E-state index is 0.0630. The highest BCUT2D eigenvalue weighted by Crippen LogP contribution is 2.34. The molecule has 2 N–H and O–H groups in total. The molecule has 7 heteroatoms. The second kappa shape index (κ2) is 7.43. The van der Waals surface area contributed by atoms with Crippen molar-refractivity contribution >= 4 is 11.9 Å². The molecule has 1 aliphatic heterocycles. The Labute approximate surface area is 151 Å². The van der Waals surface area contributed by atoms with Crippen LogP contribution in [0.5, 0.6) is 11.5 Å². The smallest absolute Gasteiger partial charge is 0.354 e. The molecule has 1 atom stereocenters. The molecule has 0 aliphatic carbocycles. The van der Waals surface area contributed by atoms with E-state index in [0.29, 0.717) is 24.7 Å². The highest BCUT2D eigenvalue weighted by molar-refractivity contribution is 5.94. The number of carboxylic acids is 1. The van der Waals surface area contributed by atoms with Crippen LogP contribution >= 0.6 is 0 Å². The first-order valence-corrected chi connectivity index (χ1v) is 8.36. The summed E-state index contributed by atoms with van der Waals surface area (Å²) in [6.07, 6.45) is 0. The van der Waals surface area contributed by atoms with Crippen molar-refractivity contribution in [2.45, 2.75) is 19.9 Å². The quantitative estimate of drug-likeness (QED) is 0.855. The Kier molecular flexibility index (Phi) is 5.06. The van der Waals surface area contributed by atoms with Crippen LogP contribution in [0.15, 0.2) is 36.4 Å². The van der Waals surface area contributed by atoms with Crippen LogP contribution in [0.4, 0.5) is 0 Å². The summed E-state index contributed by atoms with van der Waals surface area (Å²) >= 11 is 0. The second-order valence-electron chi connectivity index (χ2n) is 6.31. The molecule has 1 aromatic heterocycles. The summed E-state index contributed by atoms with van der Waals surface area (Å²) in [5.74, 6) is -0.165. The molecule has 0 radical (unpaired) electrons. The number of pyridine rings is 1. The Morgan fingerprint density at radius 1 is 1.08 bits per heavy atom. The average Bonchev–Trinajstić information content (AvgIpc) is 2.65. The minimum atomic E-state index is -1.17. The van der Waals surface area contributed by atoms with Crippen LogP contribution in [-0.2, 0) is 0 Å². The monoisotopic (exact) mass is 356 g/mol. The molecule has 0 bridgehead atoms. The number of aromatic carboxylic acids is 1. The molecular formula is C19H20N2O5. The molecule has 0 spiro atoms. The first-order chi connectivity index (χ1) is 12.5. The van der Waals surface area contributed by atoms with Crippen molar-refractivity contribution in [2.75, 3.05) is 13.2 Å². The van der Waals surface area contributed by atoms with Crippen LogP contribution in [0.25, 0.3) is 0 Å². The van der Waals surface area contributed by atoms with Gasteiger partial charge in [0.15, 0.2) is 11.5 Å². The van der Waals surface area contributed by atoms with Gasteiger partial charge in [-0.1, -0.05) is 26.0 Å². The molecule has 136 valence electrons. The normalized spacial score (nSPS) is 14.0. The lowest BCUT2D eigenvalue weighted by molar-refractivity contribution is 0.0690. The molecule has 2 aromatic rings. The highest BCUT2D eigenvalue weighted by Gasteiger charge is 2.23. The van der Waals surface area contributed by atoms with Crippen LogP contribution in [0.3, 0.4) is 0 Å². The van der Waals surface area contributed by atoms with Crippen LogP contribution in [0.2, 0.25) is 0 Å². The average molecular weight is 356 g/mol. The summed E-state index contributed by atoms with van der Waals surface area (Å²) in [6.45, 7) is 4.98. The van der Waals surface area contributed by atoms with Gasteiger partial charge in [0, 0.05) is 0 Å². The molecule has 0 fully saturated rings. The Bertz CT molecular complexity index is 834. The maximum Gasteiger partial charge on any atom is 0.354 e. The first kappa shape index (κ1) is 17.7. The number of amides is 1. The van der Waals surface area contributed by atoms with E-state index in [9.17, 15) is 9.59 Å². The number of ether oxygens (including phenoxy) is 2. The number of nitrogens with one attached hydrogen (secondary N) is 1. The number of nitrogens with zero attached hydrogens (tertiary/aromatic N) is 1. The number of fused-ring (bicyclic) bond motifs is 1. The summed E-state index contributed by atoms with van der Waals surface area (Å²) in [6, 6.07) is 9.63. The van der Waals surface area contributed by atoms with Gasteiger partial charge in [-0.15, -0.1) is 0 Å². The summed E-state index contributed by atoms with van der Waals surface area (Å²) < 4.78 is 11.1. The maximum absolute atomic E-state index is 12.6. The number of rotatable bonds is 5. The van der Waals surface area contributed by atoms with E-state index in [1.807, 2.05) is 32.0 Å². The second-order valence-corrected chi connectivity index (χ2v) is 6.31. The number of aromatic nitrogens is 1. The van der Waals surface area contributed by atoms with E-state index in [4.69, 9.17) is 14.6 Å². The number of carbonyl (C=O) groups is 2. The summed E-state index contributed by atoms with van der Waals surface area (Å²) in [7, 11) is 0. The molecule has 1 unspecified atom stereocenters. The standard InChI is InChI=1S/C19H20N2O5/c1-11(2)17(12-6-7-15-16(10-12)26-9-8-25-15)21-18(22)13-4-3-5-14(20-13)19(23)24/h3-7,10-11,17H,8-9H2,1-2H3,(H,21,22)(H,23,24). The highest BCUT2D eigenvalue weighted by atomic mass is 16.6. The zero-order valence-corrected chi connectivity index (χ0v) is 14.6. The molecule has 0 saturated carbocycles. The van der Waals surface area contributed by atoms with Gasteiger partial charge in [0.05, 0.1) is 6.04 Å². The van der Waals surface area contributed by atoms with E-state index in [1.54, 1.807) is 0 Å².